The molecule has 0 amide bonds. The fourth-order valence-corrected chi connectivity index (χ4v) is 2.35. The molecular weight excluding hydrogens is 264 g/mol. The van der Waals surface area contributed by atoms with E-state index in [4.69, 9.17) is 0 Å². The third kappa shape index (κ3) is 4.21. The van der Waals surface area contributed by atoms with E-state index in [1.165, 1.54) is 22.3 Å². The molecule has 0 saturated heterocycles. The lowest BCUT2D eigenvalue weighted by Crippen LogP contribution is -2.14. The van der Waals surface area contributed by atoms with Gasteiger partial charge in [0.2, 0.25) is 0 Å². The summed E-state index contributed by atoms with van der Waals surface area (Å²) in [4.78, 5) is 0. The summed E-state index contributed by atoms with van der Waals surface area (Å²) < 4.78 is 0. The van der Waals surface area contributed by atoms with Gasteiger partial charge in [0.25, 0.3) is 0 Å². The van der Waals surface area contributed by atoms with Crippen molar-refractivity contribution in [3.05, 3.63) is 76.9 Å². The number of hydrogen-bond donors (Lipinski definition) is 0. The van der Waals surface area contributed by atoms with Gasteiger partial charge in [0.1, 0.15) is 0 Å². The predicted molar refractivity (Wildman–Crippen MR) is 99.8 cm³/mol. The fourth-order valence-electron chi connectivity index (χ4n) is 2.35. The molecule has 2 aromatic carbocycles. The van der Waals surface area contributed by atoms with Gasteiger partial charge in [-0.3, -0.25) is 0 Å². The van der Waals surface area contributed by atoms with Crippen molar-refractivity contribution in [2.24, 2.45) is 0 Å². The van der Waals surface area contributed by atoms with Crippen LogP contribution in [0.15, 0.2) is 54.6 Å². The summed E-state index contributed by atoms with van der Waals surface area (Å²) in [5.74, 6) is 0. The Balaban J connectivity index is 2.10. The second kappa shape index (κ2) is 7.26. The van der Waals surface area contributed by atoms with E-state index in [1.54, 1.807) is 0 Å². The van der Waals surface area contributed by atoms with E-state index in [0.29, 0.717) is 0 Å². The first kappa shape index (κ1) is 16.3. The van der Waals surface area contributed by atoms with Crippen LogP contribution in [-0.4, -0.2) is 0 Å². The number of benzene rings is 2. The second-order valence-electron chi connectivity index (χ2n) is 6.36. The normalized spacial score (nSPS) is 12.4. The van der Waals surface area contributed by atoms with Crippen molar-refractivity contribution in [2.45, 2.75) is 39.5 Å². The topological polar surface area (TPSA) is 0 Å². The smallest absolute Gasteiger partial charge is 0.0106 e. The van der Waals surface area contributed by atoms with E-state index in [0.717, 1.165) is 6.42 Å². The van der Waals surface area contributed by atoms with Crippen LogP contribution in [0.25, 0.3) is 18.2 Å². The molecule has 0 aliphatic carbocycles. The van der Waals surface area contributed by atoms with Crippen LogP contribution in [0.5, 0.6) is 0 Å². The Morgan fingerprint density at radius 2 is 1.14 bits per heavy atom. The highest BCUT2D eigenvalue weighted by Crippen LogP contribution is 2.26. The van der Waals surface area contributed by atoms with Gasteiger partial charge in [-0.15, -0.1) is 0 Å². The van der Waals surface area contributed by atoms with Gasteiger partial charge in [-0.05, 0) is 41.0 Å². The van der Waals surface area contributed by atoms with Crippen LogP contribution in [0.4, 0.5) is 0 Å². The molecule has 0 fully saturated rings. The number of hydrogen-bond acceptors (Lipinski definition) is 0. The molecule has 0 N–H and O–H groups in total. The lowest BCUT2D eigenvalue weighted by molar-refractivity contribution is 0.506. The summed E-state index contributed by atoms with van der Waals surface area (Å²) in [7, 11) is 0. The van der Waals surface area contributed by atoms with Crippen molar-refractivity contribution >= 4 is 18.2 Å². The summed E-state index contributed by atoms with van der Waals surface area (Å²) in [6.45, 7) is 8.87. The Hall–Kier alpha value is -2.08. The van der Waals surface area contributed by atoms with Crippen LogP contribution in [0.3, 0.4) is 0 Å². The van der Waals surface area contributed by atoms with E-state index in [9.17, 15) is 0 Å². The summed E-state index contributed by atoms with van der Waals surface area (Å²) in [5, 5.41) is 0. The van der Waals surface area contributed by atoms with E-state index < -0.39 is 0 Å². The Bertz CT molecular complexity index is 637. The molecule has 0 spiro atoms. The molecule has 0 aliphatic heterocycles. The van der Waals surface area contributed by atoms with Crippen LogP contribution in [0.1, 0.15) is 56.4 Å². The molecule has 114 valence electrons. The molecule has 0 bridgehead atoms. The van der Waals surface area contributed by atoms with Crippen molar-refractivity contribution in [3.63, 3.8) is 0 Å². The maximum absolute atomic E-state index is 2.30. The zero-order valence-corrected chi connectivity index (χ0v) is 14.1. The summed E-state index contributed by atoms with van der Waals surface area (Å²) in [6.07, 6.45) is 9.67. The highest BCUT2D eigenvalue weighted by atomic mass is 14.2. The predicted octanol–water partition coefficient (Wildman–Crippen LogP) is 6.58. The molecule has 0 saturated carbocycles. The van der Waals surface area contributed by atoms with Crippen LogP contribution in [0.2, 0.25) is 0 Å². The van der Waals surface area contributed by atoms with Crippen LogP contribution in [0, 0.1) is 0 Å². The molecule has 0 aromatic heterocycles. The van der Waals surface area contributed by atoms with Gasteiger partial charge in [-0.25, -0.2) is 0 Å². The van der Waals surface area contributed by atoms with Crippen molar-refractivity contribution < 1.29 is 0 Å². The van der Waals surface area contributed by atoms with Crippen LogP contribution >= 0.6 is 0 Å². The average molecular weight is 290 g/mol. The van der Waals surface area contributed by atoms with Crippen LogP contribution in [-0.2, 0) is 5.41 Å². The summed E-state index contributed by atoms with van der Waals surface area (Å²) >= 11 is 0. The molecule has 2 rings (SSSR count). The lowest BCUT2D eigenvalue weighted by atomic mass is 9.82. The SMILES string of the molecule is C/C=C/c1ccc(/C=C/c2ccc(C(C)(C)CC)cc2)cc1. The highest BCUT2D eigenvalue weighted by Gasteiger charge is 2.16. The number of allylic oxidation sites excluding steroid dienone is 1. The first-order valence-electron chi connectivity index (χ1n) is 8.06. The zero-order valence-electron chi connectivity index (χ0n) is 14.1. The van der Waals surface area contributed by atoms with Gasteiger partial charge < -0.3 is 0 Å². The first-order chi connectivity index (χ1) is 10.5. The van der Waals surface area contributed by atoms with Gasteiger partial charge in [-0.2, -0.15) is 0 Å². The van der Waals surface area contributed by atoms with Crippen molar-refractivity contribution in [1.29, 1.82) is 0 Å². The minimum absolute atomic E-state index is 0.255. The van der Waals surface area contributed by atoms with Crippen molar-refractivity contribution in [2.75, 3.05) is 0 Å². The molecule has 0 atom stereocenters. The highest BCUT2D eigenvalue weighted by molar-refractivity contribution is 5.70. The molecule has 2 aromatic rings. The van der Waals surface area contributed by atoms with Gasteiger partial charge in [0.15, 0.2) is 0 Å². The van der Waals surface area contributed by atoms with Crippen LogP contribution < -0.4 is 0 Å². The van der Waals surface area contributed by atoms with E-state index in [2.05, 4.69) is 93.6 Å². The van der Waals surface area contributed by atoms with Crippen molar-refractivity contribution in [3.8, 4) is 0 Å². The Morgan fingerprint density at radius 1 is 0.727 bits per heavy atom. The third-order valence-corrected chi connectivity index (χ3v) is 4.34. The number of rotatable bonds is 5. The standard InChI is InChI=1S/C22H26/c1-5-7-18-8-10-19(11-9-18)12-13-20-14-16-21(17-15-20)22(3,4)6-2/h5,7-17H,6H2,1-4H3/b7-5+,13-12+. The summed E-state index contributed by atoms with van der Waals surface area (Å²) in [5.41, 5.74) is 5.37. The molecule has 0 radical (unpaired) electrons. The maximum Gasteiger partial charge on any atom is -0.0106 e. The fraction of sp³-hybridized carbons (Fsp3) is 0.273. The average Bonchev–Trinajstić information content (AvgIpc) is 2.55. The Morgan fingerprint density at radius 3 is 1.55 bits per heavy atom. The van der Waals surface area contributed by atoms with Gasteiger partial charge in [0, 0.05) is 0 Å². The first-order valence-corrected chi connectivity index (χ1v) is 8.06. The Labute approximate surface area is 135 Å². The molecule has 0 aliphatic rings. The lowest BCUT2D eigenvalue weighted by Gasteiger charge is -2.23. The maximum atomic E-state index is 2.30. The molecule has 0 unspecified atom stereocenters. The zero-order chi connectivity index (χ0) is 16.0. The minimum atomic E-state index is 0.255. The van der Waals surface area contributed by atoms with Gasteiger partial charge in [0.05, 0.1) is 0 Å². The summed E-state index contributed by atoms with van der Waals surface area (Å²) in [6, 6.07) is 17.5. The van der Waals surface area contributed by atoms with Gasteiger partial charge in [-0.1, -0.05) is 93.6 Å². The minimum Gasteiger partial charge on any atom is -0.0871 e. The molecule has 22 heavy (non-hydrogen) atoms. The van der Waals surface area contributed by atoms with E-state index >= 15 is 0 Å². The quantitative estimate of drug-likeness (QED) is 0.546. The Kier molecular flexibility index (Phi) is 5.38. The van der Waals surface area contributed by atoms with Gasteiger partial charge >= 0.3 is 0 Å². The van der Waals surface area contributed by atoms with E-state index in [1.807, 2.05) is 6.92 Å². The molecule has 0 heteroatoms. The monoisotopic (exact) mass is 290 g/mol. The largest absolute Gasteiger partial charge is 0.0871 e. The third-order valence-electron chi connectivity index (χ3n) is 4.34. The molecular formula is C22H26. The van der Waals surface area contributed by atoms with Crippen molar-refractivity contribution in [1.82, 2.24) is 0 Å². The molecule has 0 nitrogen and oxygen atoms in total. The van der Waals surface area contributed by atoms with E-state index in [-0.39, 0.29) is 5.41 Å². The molecule has 0 heterocycles. The second-order valence-corrected chi connectivity index (χ2v) is 6.36.